The molecular formula is C26H31N5O3. The van der Waals surface area contributed by atoms with Crippen molar-refractivity contribution in [2.24, 2.45) is 5.92 Å². The number of likely N-dealkylation sites (tertiary alicyclic amines) is 1. The summed E-state index contributed by atoms with van der Waals surface area (Å²) in [5.41, 5.74) is 11.0. The highest BCUT2D eigenvalue weighted by Crippen LogP contribution is 2.43. The molecule has 2 aliphatic rings. The highest BCUT2D eigenvalue weighted by molar-refractivity contribution is 5.79. The second-order valence-electron chi connectivity index (χ2n) is 9.65. The van der Waals surface area contributed by atoms with Crippen molar-refractivity contribution >= 4 is 11.6 Å². The van der Waals surface area contributed by atoms with Crippen molar-refractivity contribution < 1.29 is 14.1 Å². The van der Waals surface area contributed by atoms with Crippen molar-refractivity contribution in [3.05, 3.63) is 47.5 Å². The Morgan fingerprint density at radius 1 is 1.24 bits per heavy atom. The van der Waals surface area contributed by atoms with Crippen molar-refractivity contribution in [3.63, 3.8) is 0 Å². The number of hydrogen-bond donors (Lipinski definition) is 1. The average molecular weight is 462 g/mol. The Morgan fingerprint density at radius 3 is 2.74 bits per heavy atom. The molecule has 0 spiro atoms. The van der Waals surface area contributed by atoms with Gasteiger partial charge in [-0.2, -0.15) is 4.98 Å². The van der Waals surface area contributed by atoms with Gasteiger partial charge in [-0.15, -0.1) is 0 Å². The zero-order valence-electron chi connectivity index (χ0n) is 20.1. The van der Waals surface area contributed by atoms with E-state index >= 15 is 0 Å². The van der Waals surface area contributed by atoms with Crippen LogP contribution < -0.4 is 10.5 Å². The predicted molar refractivity (Wildman–Crippen MR) is 130 cm³/mol. The number of amides is 1. The van der Waals surface area contributed by atoms with Gasteiger partial charge in [-0.3, -0.25) is 9.69 Å². The molecule has 8 heteroatoms. The lowest BCUT2D eigenvalue weighted by Gasteiger charge is -2.43. The van der Waals surface area contributed by atoms with E-state index in [1.807, 2.05) is 40.1 Å². The molecule has 0 bridgehead atoms. The Bertz CT molecular complexity index is 1210. The predicted octanol–water partition coefficient (Wildman–Crippen LogP) is 3.78. The molecule has 1 fully saturated rings. The number of anilines is 1. The highest BCUT2D eigenvalue weighted by Gasteiger charge is 2.40. The van der Waals surface area contributed by atoms with Crippen molar-refractivity contribution in [2.45, 2.75) is 38.8 Å². The van der Waals surface area contributed by atoms with Crippen LogP contribution in [-0.4, -0.2) is 59.1 Å². The molecule has 0 radical (unpaired) electrons. The van der Waals surface area contributed by atoms with Crippen LogP contribution in [-0.2, 0) is 11.2 Å². The zero-order valence-corrected chi connectivity index (χ0v) is 20.1. The number of carbonyl (C=O) groups is 1. The van der Waals surface area contributed by atoms with Crippen LogP contribution in [0.15, 0.2) is 40.9 Å². The standard InChI is InChI=1S/C26H31N5O3/c1-15(2)33-23-11-8-16(12-21(23)27)25-28-24(29-34-25)20-7-5-6-19-18(20)9-10-22(19)31-13-17(14-31)26(32)30(3)4/h5-8,11-12,15,17,22H,9-10,13-14,27H2,1-4H3/t22-/m0/s1. The Kier molecular flexibility index (Phi) is 5.77. The molecule has 178 valence electrons. The Balaban J connectivity index is 1.35. The summed E-state index contributed by atoms with van der Waals surface area (Å²) in [4.78, 5) is 21.0. The van der Waals surface area contributed by atoms with E-state index in [-0.39, 0.29) is 17.9 Å². The van der Waals surface area contributed by atoms with Gasteiger partial charge >= 0.3 is 0 Å². The third-order valence-corrected chi connectivity index (χ3v) is 6.67. The smallest absolute Gasteiger partial charge is 0.258 e. The quantitative estimate of drug-likeness (QED) is 0.558. The summed E-state index contributed by atoms with van der Waals surface area (Å²) in [6, 6.07) is 12.1. The van der Waals surface area contributed by atoms with E-state index in [2.05, 4.69) is 33.2 Å². The van der Waals surface area contributed by atoms with Crippen LogP contribution in [0.25, 0.3) is 22.8 Å². The molecule has 0 unspecified atom stereocenters. The van der Waals surface area contributed by atoms with Gasteiger partial charge in [0.2, 0.25) is 11.7 Å². The number of nitrogens with zero attached hydrogens (tertiary/aromatic N) is 4. The largest absolute Gasteiger partial charge is 0.489 e. The summed E-state index contributed by atoms with van der Waals surface area (Å²) in [5.74, 6) is 1.97. The first-order chi connectivity index (χ1) is 16.3. The number of nitrogen functional groups attached to an aromatic ring is 1. The van der Waals surface area contributed by atoms with E-state index in [4.69, 9.17) is 15.0 Å². The first-order valence-corrected chi connectivity index (χ1v) is 11.8. The van der Waals surface area contributed by atoms with E-state index in [1.54, 1.807) is 11.0 Å². The molecule has 0 saturated carbocycles. The van der Waals surface area contributed by atoms with Crippen LogP contribution >= 0.6 is 0 Å². The van der Waals surface area contributed by atoms with E-state index < -0.39 is 0 Å². The van der Waals surface area contributed by atoms with Crippen LogP contribution in [0.5, 0.6) is 5.75 Å². The molecule has 1 aliphatic carbocycles. The molecule has 1 atom stereocenters. The van der Waals surface area contributed by atoms with Gasteiger partial charge in [0.1, 0.15) is 5.75 Å². The zero-order chi connectivity index (χ0) is 24.0. The minimum absolute atomic E-state index is 0.0442. The van der Waals surface area contributed by atoms with E-state index in [1.165, 1.54) is 11.1 Å². The number of aromatic nitrogens is 2. The molecule has 2 heterocycles. The lowest BCUT2D eigenvalue weighted by atomic mass is 9.93. The van der Waals surface area contributed by atoms with Gasteiger partial charge in [-0.25, -0.2) is 0 Å². The van der Waals surface area contributed by atoms with Gasteiger partial charge in [0.05, 0.1) is 17.7 Å². The second-order valence-corrected chi connectivity index (χ2v) is 9.65. The number of hydrogen-bond acceptors (Lipinski definition) is 7. The highest BCUT2D eigenvalue weighted by atomic mass is 16.5. The lowest BCUT2D eigenvalue weighted by Crippen LogP contribution is -2.54. The van der Waals surface area contributed by atoms with Crippen LogP contribution in [0.1, 0.15) is 37.4 Å². The van der Waals surface area contributed by atoms with Gasteiger partial charge in [0.25, 0.3) is 5.89 Å². The molecule has 1 amide bonds. The molecular weight excluding hydrogens is 430 g/mol. The van der Waals surface area contributed by atoms with Crippen LogP contribution in [0.4, 0.5) is 5.69 Å². The van der Waals surface area contributed by atoms with Crippen molar-refractivity contribution in [1.82, 2.24) is 19.9 Å². The van der Waals surface area contributed by atoms with Gasteiger partial charge in [0.15, 0.2) is 0 Å². The maximum atomic E-state index is 12.2. The summed E-state index contributed by atoms with van der Waals surface area (Å²) in [6.07, 6.45) is 2.04. The van der Waals surface area contributed by atoms with Gasteiger partial charge in [-0.05, 0) is 56.0 Å². The topological polar surface area (TPSA) is 97.7 Å². The number of carbonyl (C=O) groups excluding carboxylic acids is 1. The number of benzene rings is 2. The minimum atomic E-state index is 0.0442. The molecule has 8 nitrogen and oxygen atoms in total. The third kappa shape index (κ3) is 4.03. The first kappa shape index (κ1) is 22.4. The fourth-order valence-electron chi connectivity index (χ4n) is 5.00. The molecule has 3 aromatic rings. The maximum Gasteiger partial charge on any atom is 0.258 e. The van der Waals surface area contributed by atoms with Crippen LogP contribution in [0.3, 0.4) is 0 Å². The number of nitrogens with two attached hydrogens (primary N) is 1. The van der Waals surface area contributed by atoms with Gasteiger partial charge < -0.3 is 19.9 Å². The summed E-state index contributed by atoms with van der Waals surface area (Å²) in [7, 11) is 3.65. The number of fused-ring (bicyclic) bond motifs is 1. The van der Waals surface area contributed by atoms with E-state index in [0.717, 1.165) is 37.1 Å². The SMILES string of the molecule is CC(C)Oc1ccc(-c2nc(-c3cccc4c3CC[C@@H]4N3CC(C(=O)N(C)C)C3)no2)cc1N. The normalized spacial score (nSPS) is 18.1. The number of rotatable bonds is 6. The van der Waals surface area contributed by atoms with Crippen LogP contribution in [0.2, 0.25) is 0 Å². The second kappa shape index (κ2) is 8.76. The Labute approximate surface area is 199 Å². The molecule has 2 aromatic carbocycles. The Hall–Kier alpha value is -3.39. The fourth-order valence-corrected chi connectivity index (χ4v) is 5.00. The summed E-state index contributed by atoms with van der Waals surface area (Å²) < 4.78 is 11.3. The summed E-state index contributed by atoms with van der Waals surface area (Å²) in [5, 5.41) is 4.28. The summed E-state index contributed by atoms with van der Waals surface area (Å²) >= 11 is 0. The van der Waals surface area contributed by atoms with Crippen molar-refractivity contribution in [1.29, 1.82) is 0 Å². The molecule has 1 saturated heterocycles. The van der Waals surface area contributed by atoms with Crippen LogP contribution in [0, 0.1) is 5.92 Å². The summed E-state index contributed by atoms with van der Waals surface area (Å²) in [6.45, 7) is 5.56. The molecule has 1 aromatic heterocycles. The third-order valence-electron chi connectivity index (χ3n) is 6.67. The van der Waals surface area contributed by atoms with E-state index in [0.29, 0.717) is 29.2 Å². The Morgan fingerprint density at radius 2 is 2.03 bits per heavy atom. The van der Waals surface area contributed by atoms with Gasteiger partial charge in [-0.1, -0.05) is 23.4 Å². The molecule has 34 heavy (non-hydrogen) atoms. The monoisotopic (exact) mass is 461 g/mol. The lowest BCUT2D eigenvalue weighted by molar-refractivity contribution is -0.139. The average Bonchev–Trinajstić information content (AvgIpc) is 3.41. The van der Waals surface area contributed by atoms with Crippen molar-refractivity contribution in [3.8, 4) is 28.6 Å². The molecule has 1 aliphatic heterocycles. The minimum Gasteiger partial charge on any atom is -0.489 e. The molecule has 2 N–H and O–H groups in total. The van der Waals surface area contributed by atoms with Gasteiger partial charge in [0, 0.05) is 44.4 Å². The maximum absolute atomic E-state index is 12.2. The van der Waals surface area contributed by atoms with Crippen molar-refractivity contribution in [2.75, 3.05) is 32.9 Å². The molecule has 5 rings (SSSR count). The fraction of sp³-hybridized carbons (Fsp3) is 0.423. The number of ether oxygens (including phenoxy) is 1. The first-order valence-electron chi connectivity index (χ1n) is 11.8. The van der Waals surface area contributed by atoms with E-state index in [9.17, 15) is 4.79 Å².